The van der Waals surface area contributed by atoms with E-state index in [1.165, 1.54) is 0 Å². The van der Waals surface area contributed by atoms with Crippen LogP contribution in [0.25, 0.3) is 11.3 Å². The number of hydrogen-bond acceptors (Lipinski definition) is 5. The summed E-state index contributed by atoms with van der Waals surface area (Å²) < 4.78 is 5.45. The Hall–Kier alpha value is -1.79. The summed E-state index contributed by atoms with van der Waals surface area (Å²) in [7, 11) is 0. The van der Waals surface area contributed by atoms with Crippen LogP contribution in [-0.2, 0) is 9.53 Å². The van der Waals surface area contributed by atoms with E-state index >= 15 is 0 Å². The van der Waals surface area contributed by atoms with E-state index in [2.05, 4.69) is 15.3 Å². The molecule has 0 radical (unpaired) electrons. The molecule has 2 aromatic heterocycles. The number of pyridine rings is 1. The number of nitrogens with zero attached hydrogens (tertiary/aromatic N) is 2. The minimum Gasteiger partial charge on any atom is -0.381 e. The lowest BCUT2D eigenvalue weighted by Crippen LogP contribution is -2.30. The summed E-state index contributed by atoms with van der Waals surface area (Å²) in [6.45, 7) is 3.53. The first kappa shape index (κ1) is 14.8. The fourth-order valence-corrected chi connectivity index (χ4v) is 4.13. The van der Waals surface area contributed by atoms with Crippen LogP contribution in [-0.4, -0.2) is 29.1 Å². The number of ether oxygens (including phenoxy) is 1. The van der Waals surface area contributed by atoms with E-state index in [0.29, 0.717) is 0 Å². The topological polar surface area (TPSA) is 64.1 Å². The molecule has 1 saturated carbocycles. The second-order valence-electron chi connectivity index (χ2n) is 6.46. The van der Waals surface area contributed by atoms with E-state index < -0.39 is 0 Å². The van der Waals surface area contributed by atoms with Crippen molar-refractivity contribution in [2.45, 2.75) is 25.8 Å². The smallest absolute Gasteiger partial charge is 0.224 e. The van der Waals surface area contributed by atoms with Crippen molar-refractivity contribution < 1.29 is 9.53 Å². The lowest BCUT2D eigenvalue weighted by atomic mass is 10.0. The van der Waals surface area contributed by atoms with Gasteiger partial charge in [-0.2, -0.15) is 0 Å². The molecule has 2 fully saturated rings. The zero-order valence-electron chi connectivity index (χ0n) is 13.0. The molecule has 1 N–H and O–H groups in total. The molecule has 2 aliphatic rings. The number of aromatic nitrogens is 2. The van der Waals surface area contributed by atoms with E-state index in [-0.39, 0.29) is 23.3 Å². The van der Waals surface area contributed by atoms with Gasteiger partial charge in [0.2, 0.25) is 5.91 Å². The molecule has 1 saturated heterocycles. The molecule has 120 valence electrons. The normalized spacial score (nSPS) is 27.1. The van der Waals surface area contributed by atoms with Gasteiger partial charge in [0.1, 0.15) is 5.01 Å². The largest absolute Gasteiger partial charge is 0.381 e. The van der Waals surface area contributed by atoms with Crippen molar-refractivity contribution in [2.75, 3.05) is 13.2 Å². The quantitative estimate of drug-likeness (QED) is 0.937. The lowest BCUT2D eigenvalue weighted by molar-refractivity contribution is -0.123. The maximum Gasteiger partial charge on any atom is 0.224 e. The molecule has 6 heteroatoms. The summed E-state index contributed by atoms with van der Waals surface area (Å²) in [4.78, 5) is 21.1. The molecule has 3 heterocycles. The molecule has 0 aromatic carbocycles. The fraction of sp³-hybridized carbons (Fsp3) is 0.471. The number of carbonyl (C=O) groups excluding carboxylic acids is 1. The molecule has 4 rings (SSSR count). The van der Waals surface area contributed by atoms with Gasteiger partial charge in [0, 0.05) is 41.3 Å². The standard InChI is InChI=1S/C17H19N3O2S/c1-11(19-15(21)13-8-17(13)4-7-22-10-17)16-20-14(9-23-16)12-2-5-18-6-3-12/h2-3,5-6,9,11,13H,4,7-8,10H2,1H3,(H,19,21). The number of nitrogens with one attached hydrogen (secondary N) is 1. The molecule has 1 aliphatic carbocycles. The highest BCUT2D eigenvalue weighted by atomic mass is 32.1. The van der Waals surface area contributed by atoms with Gasteiger partial charge < -0.3 is 10.1 Å². The molecule has 2 aromatic rings. The molecule has 1 amide bonds. The van der Waals surface area contributed by atoms with Crippen LogP contribution in [0.5, 0.6) is 0 Å². The first-order valence-corrected chi connectivity index (χ1v) is 8.80. The summed E-state index contributed by atoms with van der Waals surface area (Å²) in [6, 6.07) is 3.81. The highest BCUT2D eigenvalue weighted by Crippen LogP contribution is 2.58. The summed E-state index contributed by atoms with van der Waals surface area (Å²) in [5, 5.41) is 6.07. The van der Waals surface area contributed by atoms with Crippen LogP contribution in [0.1, 0.15) is 30.8 Å². The maximum absolute atomic E-state index is 12.4. The van der Waals surface area contributed by atoms with Gasteiger partial charge in [0.25, 0.3) is 0 Å². The zero-order valence-corrected chi connectivity index (χ0v) is 13.8. The Labute approximate surface area is 139 Å². The second kappa shape index (κ2) is 5.69. The Morgan fingerprint density at radius 3 is 3.04 bits per heavy atom. The molecule has 1 spiro atoms. The Morgan fingerprint density at radius 2 is 2.30 bits per heavy atom. The molecule has 5 nitrogen and oxygen atoms in total. The predicted octanol–water partition coefficient (Wildman–Crippen LogP) is 2.81. The summed E-state index contributed by atoms with van der Waals surface area (Å²) >= 11 is 1.58. The first-order chi connectivity index (χ1) is 11.2. The predicted molar refractivity (Wildman–Crippen MR) is 87.9 cm³/mol. The molecular formula is C17H19N3O2S. The summed E-state index contributed by atoms with van der Waals surface area (Å²) in [5.41, 5.74) is 2.11. The van der Waals surface area contributed by atoms with Crippen LogP contribution in [0.3, 0.4) is 0 Å². The number of thiazole rings is 1. The van der Waals surface area contributed by atoms with E-state index in [1.807, 2.05) is 24.4 Å². The average Bonchev–Trinajstić information content (AvgIpc) is 2.94. The van der Waals surface area contributed by atoms with Gasteiger partial charge in [-0.05, 0) is 31.9 Å². The Morgan fingerprint density at radius 1 is 1.48 bits per heavy atom. The third kappa shape index (κ3) is 2.77. The highest BCUT2D eigenvalue weighted by Gasteiger charge is 2.59. The van der Waals surface area contributed by atoms with Crippen molar-refractivity contribution in [3.05, 3.63) is 34.9 Å². The molecule has 3 unspecified atom stereocenters. The van der Waals surface area contributed by atoms with Crippen molar-refractivity contribution >= 4 is 17.2 Å². The average molecular weight is 329 g/mol. The van der Waals surface area contributed by atoms with Crippen molar-refractivity contribution in [3.63, 3.8) is 0 Å². The Balaban J connectivity index is 1.41. The van der Waals surface area contributed by atoms with Gasteiger partial charge in [-0.25, -0.2) is 4.98 Å². The molecule has 0 bridgehead atoms. The van der Waals surface area contributed by atoms with Crippen molar-refractivity contribution in [2.24, 2.45) is 11.3 Å². The van der Waals surface area contributed by atoms with E-state index in [9.17, 15) is 4.79 Å². The van der Waals surface area contributed by atoms with E-state index in [1.54, 1.807) is 23.7 Å². The van der Waals surface area contributed by atoms with Crippen molar-refractivity contribution in [1.82, 2.24) is 15.3 Å². The Kier molecular flexibility index (Phi) is 3.66. The van der Waals surface area contributed by atoms with Gasteiger partial charge in [-0.1, -0.05) is 0 Å². The minimum atomic E-state index is -0.0666. The van der Waals surface area contributed by atoms with Crippen LogP contribution in [0.4, 0.5) is 0 Å². The van der Waals surface area contributed by atoms with Gasteiger partial charge >= 0.3 is 0 Å². The first-order valence-electron chi connectivity index (χ1n) is 7.92. The summed E-state index contributed by atoms with van der Waals surface area (Å²) in [6.07, 6.45) is 5.50. The zero-order chi connectivity index (χ0) is 15.9. The third-order valence-electron chi connectivity index (χ3n) is 4.87. The molecule has 1 aliphatic heterocycles. The summed E-state index contributed by atoms with van der Waals surface area (Å²) in [5.74, 6) is 0.260. The van der Waals surface area contributed by atoms with Crippen LogP contribution in [0.15, 0.2) is 29.9 Å². The number of carbonyl (C=O) groups is 1. The highest BCUT2D eigenvalue weighted by molar-refractivity contribution is 7.10. The monoisotopic (exact) mass is 329 g/mol. The third-order valence-corrected chi connectivity index (χ3v) is 5.89. The van der Waals surface area contributed by atoms with Gasteiger partial charge in [0.15, 0.2) is 0 Å². The van der Waals surface area contributed by atoms with Crippen molar-refractivity contribution in [3.8, 4) is 11.3 Å². The number of hydrogen-bond donors (Lipinski definition) is 1. The second-order valence-corrected chi connectivity index (χ2v) is 7.35. The van der Waals surface area contributed by atoms with Gasteiger partial charge in [-0.3, -0.25) is 9.78 Å². The van der Waals surface area contributed by atoms with Crippen LogP contribution in [0, 0.1) is 11.3 Å². The van der Waals surface area contributed by atoms with Crippen LogP contribution in [0.2, 0.25) is 0 Å². The van der Waals surface area contributed by atoms with Crippen LogP contribution >= 0.6 is 11.3 Å². The lowest BCUT2D eigenvalue weighted by Gasteiger charge is -2.12. The maximum atomic E-state index is 12.4. The SMILES string of the molecule is CC(NC(=O)C1CC12CCOC2)c1nc(-c2ccncc2)cs1. The number of rotatable bonds is 4. The molecule has 3 atom stereocenters. The fourth-order valence-electron chi connectivity index (χ4n) is 3.29. The molecule has 23 heavy (non-hydrogen) atoms. The van der Waals surface area contributed by atoms with E-state index in [4.69, 9.17) is 4.74 Å². The van der Waals surface area contributed by atoms with Gasteiger partial charge in [-0.15, -0.1) is 11.3 Å². The van der Waals surface area contributed by atoms with Gasteiger partial charge in [0.05, 0.1) is 18.3 Å². The minimum absolute atomic E-state index is 0.0666. The Bertz CT molecular complexity index is 710. The number of amides is 1. The van der Waals surface area contributed by atoms with Crippen molar-refractivity contribution in [1.29, 1.82) is 0 Å². The van der Waals surface area contributed by atoms with Crippen LogP contribution < -0.4 is 5.32 Å². The van der Waals surface area contributed by atoms with E-state index in [0.717, 1.165) is 42.3 Å². The molecular weight excluding hydrogens is 310 g/mol.